The third-order valence-electron chi connectivity index (χ3n) is 4.13. The van der Waals surface area contributed by atoms with E-state index in [0.29, 0.717) is 22.4 Å². The van der Waals surface area contributed by atoms with Crippen LogP contribution in [0.25, 0.3) is 10.9 Å². The van der Waals surface area contributed by atoms with Crippen molar-refractivity contribution < 1.29 is 19.0 Å². The number of rotatable bonds is 6. The average Bonchev–Trinajstić information content (AvgIpc) is 2.71. The van der Waals surface area contributed by atoms with E-state index in [1.807, 2.05) is 30.3 Å². The molecule has 1 aromatic heterocycles. The summed E-state index contributed by atoms with van der Waals surface area (Å²) in [5, 5.41) is 2.90. The van der Waals surface area contributed by atoms with Gasteiger partial charge in [0.25, 0.3) is 5.56 Å². The first kappa shape index (κ1) is 19.2. The van der Waals surface area contributed by atoms with Crippen LogP contribution in [0.1, 0.15) is 12.5 Å². The highest BCUT2D eigenvalue weighted by molar-refractivity contribution is 5.87. The van der Waals surface area contributed by atoms with E-state index in [2.05, 4.69) is 10.3 Å². The van der Waals surface area contributed by atoms with Gasteiger partial charge in [0.05, 0.1) is 38.3 Å². The number of carbonyl (C=O) groups excluding carboxylic acids is 1. The van der Waals surface area contributed by atoms with Crippen LogP contribution in [0.4, 0.5) is 10.7 Å². The van der Waals surface area contributed by atoms with Crippen molar-refractivity contribution in [1.82, 2.24) is 9.55 Å². The van der Waals surface area contributed by atoms with Gasteiger partial charge in [-0.1, -0.05) is 30.3 Å². The maximum atomic E-state index is 13.2. The van der Waals surface area contributed by atoms with Crippen molar-refractivity contribution in [2.75, 3.05) is 26.1 Å². The number of nitrogens with one attached hydrogen (secondary N) is 1. The largest absolute Gasteiger partial charge is 0.493 e. The summed E-state index contributed by atoms with van der Waals surface area (Å²) in [4.78, 5) is 29.6. The zero-order valence-corrected chi connectivity index (χ0v) is 15.9. The van der Waals surface area contributed by atoms with Crippen molar-refractivity contribution in [2.24, 2.45) is 0 Å². The molecule has 0 atom stereocenters. The van der Waals surface area contributed by atoms with E-state index >= 15 is 0 Å². The first-order valence-electron chi connectivity index (χ1n) is 8.71. The number of benzene rings is 2. The van der Waals surface area contributed by atoms with Crippen LogP contribution in [-0.4, -0.2) is 36.5 Å². The lowest BCUT2D eigenvalue weighted by Gasteiger charge is -2.15. The fourth-order valence-electron chi connectivity index (χ4n) is 2.81. The summed E-state index contributed by atoms with van der Waals surface area (Å²) in [5.74, 6) is 0.947. The lowest BCUT2D eigenvalue weighted by atomic mass is 10.2. The van der Waals surface area contributed by atoms with E-state index in [0.717, 1.165) is 5.56 Å². The molecule has 0 fully saturated rings. The lowest BCUT2D eigenvalue weighted by molar-refractivity contribution is 0.167. The summed E-state index contributed by atoms with van der Waals surface area (Å²) in [6.45, 7) is 2.13. The summed E-state index contributed by atoms with van der Waals surface area (Å²) < 4.78 is 16.9. The Morgan fingerprint density at radius 2 is 1.79 bits per heavy atom. The fraction of sp³-hybridized carbons (Fsp3) is 0.250. The maximum absolute atomic E-state index is 13.2. The molecule has 0 aliphatic carbocycles. The van der Waals surface area contributed by atoms with E-state index in [4.69, 9.17) is 14.2 Å². The number of hydrogen-bond donors (Lipinski definition) is 1. The van der Waals surface area contributed by atoms with Crippen LogP contribution in [-0.2, 0) is 11.3 Å². The minimum atomic E-state index is -0.684. The first-order chi connectivity index (χ1) is 13.6. The van der Waals surface area contributed by atoms with Crippen LogP contribution in [0.2, 0.25) is 0 Å². The number of amides is 1. The van der Waals surface area contributed by atoms with Crippen LogP contribution in [0, 0.1) is 0 Å². The Morgan fingerprint density at radius 1 is 1.11 bits per heavy atom. The van der Waals surface area contributed by atoms with E-state index in [9.17, 15) is 9.59 Å². The van der Waals surface area contributed by atoms with Crippen molar-refractivity contribution in [3.05, 3.63) is 58.4 Å². The van der Waals surface area contributed by atoms with E-state index in [-0.39, 0.29) is 24.7 Å². The quantitative estimate of drug-likeness (QED) is 0.703. The third kappa shape index (κ3) is 3.90. The number of hydrogen-bond acceptors (Lipinski definition) is 6. The molecule has 0 spiro atoms. The molecule has 8 nitrogen and oxygen atoms in total. The van der Waals surface area contributed by atoms with E-state index in [1.54, 1.807) is 19.1 Å². The molecule has 8 heteroatoms. The van der Waals surface area contributed by atoms with Gasteiger partial charge in [0, 0.05) is 6.07 Å². The second-order valence-corrected chi connectivity index (χ2v) is 5.88. The highest BCUT2D eigenvalue weighted by Crippen LogP contribution is 2.30. The number of ether oxygens (including phenoxy) is 3. The van der Waals surface area contributed by atoms with E-state index < -0.39 is 6.09 Å². The van der Waals surface area contributed by atoms with Gasteiger partial charge in [-0.2, -0.15) is 0 Å². The Balaban J connectivity index is 2.19. The van der Waals surface area contributed by atoms with Gasteiger partial charge < -0.3 is 14.2 Å². The highest BCUT2D eigenvalue weighted by Gasteiger charge is 2.17. The SMILES string of the molecule is CCOC(=O)Nc1nc2cc(OC)c(OC)cc2c(=O)n1Cc1ccccc1. The number of anilines is 1. The van der Waals surface area contributed by atoms with Crippen molar-refractivity contribution in [3.8, 4) is 11.5 Å². The number of fused-ring (bicyclic) bond motifs is 1. The summed E-state index contributed by atoms with van der Waals surface area (Å²) in [6.07, 6.45) is -0.684. The van der Waals surface area contributed by atoms with Gasteiger partial charge in [0.1, 0.15) is 0 Å². The number of carbonyl (C=O) groups is 1. The molecule has 0 saturated carbocycles. The molecular weight excluding hydrogens is 362 g/mol. The minimum Gasteiger partial charge on any atom is -0.493 e. The maximum Gasteiger partial charge on any atom is 0.413 e. The molecule has 0 saturated heterocycles. The first-order valence-corrected chi connectivity index (χ1v) is 8.71. The minimum absolute atomic E-state index is 0.0898. The zero-order valence-electron chi connectivity index (χ0n) is 15.9. The Labute approximate surface area is 161 Å². The van der Waals surface area contributed by atoms with Crippen LogP contribution in [0.5, 0.6) is 11.5 Å². The molecule has 3 aromatic rings. The van der Waals surface area contributed by atoms with Gasteiger partial charge in [-0.05, 0) is 18.6 Å². The summed E-state index contributed by atoms with van der Waals surface area (Å²) in [5.41, 5.74) is 0.943. The zero-order chi connectivity index (χ0) is 20.1. The van der Waals surface area contributed by atoms with Crippen LogP contribution in [0.15, 0.2) is 47.3 Å². The summed E-state index contributed by atoms with van der Waals surface area (Å²) in [6, 6.07) is 12.6. The predicted octanol–water partition coefficient (Wildman–Crippen LogP) is 3.03. The normalized spacial score (nSPS) is 10.5. The molecule has 0 radical (unpaired) electrons. The molecule has 0 aliphatic heterocycles. The van der Waals surface area contributed by atoms with Gasteiger partial charge >= 0.3 is 6.09 Å². The van der Waals surface area contributed by atoms with Crippen molar-refractivity contribution in [3.63, 3.8) is 0 Å². The Morgan fingerprint density at radius 3 is 2.43 bits per heavy atom. The topological polar surface area (TPSA) is 91.7 Å². The van der Waals surface area contributed by atoms with Gasteiger partial charge in [0.2, 0.25) is 5.95 Å². The van der Waals surface area contributed by atoms with Gasteiger partial charge in [-0.25, -0.2) is 9.78 Å². The van der Waals surface area contributed by atoms with Crippen molar-refractivity contribution in [2.45, 2.75) is 13.5 Å². The van der Waals surface area contributed by atoms with Gasteiger partial charge in [-0.15, -0.1) is 0 Å². The van der Waals surface area contributed by atoms with Crippen molar-refractivity contribution in [1.29, 1.82) is 0 Å². The molecule has 1 heterocycles. The number of nitrogens with zero attached hydrogens (tertiary/aromatic N) is 2. The number of methoxy groups -OCH3 is 2. The molecule has 1 N–H and O–H groups in total. The van der Waals surface area contributed by atoms with Gasteiger partial charge in [-0.3, -0.25) is 14.7 Å². The Hall–Kier alpha value is -3.55. The fourth-order valence-corrected chi connectivity index (χ4v) is 2.81. The monoisotopic (exact) mass is 383 g/mol. The molecular formula is C20H21N3O5. The average molecular weight is 383 g/mol. The van der Waals surface area contributed by atoms with Gasteiger partial charge in [0.15, 0.2) is 11.5 Å². The highest BCUT2D eigenvalue weighted by atomic mass is 16.5. The molecule has 2 aromatic carbocycles. The summed E-state index contributed by atoms with van der Waals surface area (Å²) >= 11 is 0. The van der Waals surface area contributed by atoms with E-state index in [1.165, 1.54) is 18.8 Å². The third-order valence-corrected chi connectivity index (χ3v) is 4.13. The van der Waals surface area contributed by atoms with Crippen molar-refractivity contribution >= 4 is 22.9 Å². The lowest BCUT2D eigenvalue weighted by Crippen LogP contribution is -2.28. The molecule has 146 valence electrons. The summed E-state index contributed by atoms with van der Waals surface area (Å²) in [7, 11) is 2.99. The number of aromatic nitrogens is 2. The van der Waals surface area contributed by atoms with Crippen LogP contribution >= 0.6 is 0 Å². The Kier molecular flexibility index (Phi) is 5.78. The molecule has 1 amide bonds. The Bertz CT molecular complexity index is 1050. The second kappa shape index (κ2) is 8.43. The molecule has 0 aliphatic rings. The molecule has 3 rings (SSSR count). The predicted molar refractivity (Wildman–Crippen MR) is 105 cm³/mol. The standard InChI is InChI=1S/C20H21N3O5/c1-4-28-20(25)22-19-21-15-11-17(27-3)16(26-2)10-14(15)18(24)23(19)12-13-8-6-5-7-9-13/h5-11H,4,12H2,1-3H3,(H,21,22,25). The van der Waals surface area contributed by atoms with Crippen LogP contribution in [0.3, 0.4) is 0 Å². The molecule has 0 bridgehead atoms. The molecule has 0 unspecified atom stereocenters. The smallest absolute Gasteiger partial charge is 0.413 e. The molecule has 28 heavy (non-hydrogen) atoms. The second-order valence-electron chi connectivity index (χ2n) is 5.88. The van der Waals surface area contributed by atoms with Crippen LogP contribution < -0.4 is 20.3 Å².